The summed E-state index contributed by atoms with van der Waals surface area (Å²) >= 11 is 6.62. The lowest BCUT2D eigenvalue weighted by molar-refractivity contribution is -0.176. The smallest absolute Gasteiger partial charge is 0.254 e. The Morgan fingerprint density at radius 2 is 1.96 bits per heavy atom. The van der Waals surface area contributed by atoms with Crippen molar-refractivity contribution < 1.29 is 9.53 Å². The van der Waals surface area contributed by atoms with Crippen LogP contribution in [0, 0.1) is 5.92 Å². The molecule has 3 nitrogen and oxygen atoms in total. The highest BCUT2D eigenvalue weighted by atomic mass is 35.5. The molecule has 2 rings (SSSR count). The fourth-order valence-electron chi connectivity index (χ4n) is 3.03. The van der Waals surface area contributed by atoms with Gasteiger partial charge in [0, 0.05) is 6.54 Å². The van der Waals surface area contributed by atoms with Crippen LogP contribution in [-0.2, 0) is 16.1 Å². The van der Waals surface area contributed by atoms with E-state index < -0.39 is 6.10 Å². The fraction of sp³-hybridized carbons (Fsp3) is 0.632. The number of likely N-dealkylation sites (tertiary alicyclic amines) is 1. The van der Waals surface area contributed by atoms with Crippen LogP contribution in [0.15, 0.2) is 30.3 Å². The van der Waals surface area contributed by atoms with E-state index in [1.807, 2.05) is 35.2 Å². The Morgan fingerprint density at radius 3 is 2.57 bits per heavy atom. The van der Waals surface area contributed by atoms with Crippen molar-refractivity contribution in [2.24, 2.45) is 5.92 Å². The molecule has 1 aromatic carbocycles. The molecule has 1 amide bonds. The minimum atomic E-state index is -0.395. The lowest BCUT2D eigenvalue weighted by Crippen LogP contribution is -2.69. The van der Waals surface area contributed by atoms with Gasteiger partial charge in [-0.25, -0.2) is 0 Å². The lowest BCUT2D eigenvalue weighted by Gasteiger charge is -2.49. The van der Waals surface area contributed by atoms with Crippen LogP contribution in [0.2, 0.25) is 0 Å². The molecule has 3 atom stereocenters. The van der Waals surface area contributed by atoms with Gasteiger partial charge in [0.1, 0.15) is 0 Å². The van der Waals surface area contributed by atoms with Crippen LogP contribution in [0.3, 0.4) is 0 Å². The van der Waals surface area contributed by atoms with Gasteiger partial charge in [0.15, 0.2) is 6.10 Å². The molecule has 1 aliphatic heterocycles. The van der Waals surface area contributed by atoms with Crippen molar-refractivity contribution in [3.05, 3.63) is 35.9 Å². The standard InChI is InChI=1S/C19H28ClNO2/c1-4-5-11-21-17(16(20)12-14(2)3)18(19(21)22)23-13-15-9-7-6-8-10-15/h6-10,14,16-18H,4-5,11-13H2,1-3H3/t16-,17+,18-/m0/s1. The van der Waals surface area contributed by atoms with Crippen molar-refractivity contribution in [3.63, 3.8) is 0 Å². The lowest BCUT2D eigenvalue weighted by atomic mass is 9.89. The van der Waals surface area contributed by atoms with E-state index in [1.165, 1.54) is 0 Å². The van der Waals surface area contributed by atoms with Crippen LogP contribution in [0.25, 0.3) is 0 Å². The highest BCUT2D eigenvalue weighted by Gasteiger charge is 2.51. The first-order chi connectivity index (χ1) is 11.0. The minimum Gasteiger partial charge on any atom is -0.361 e. The number of unbranched alkanes of at least 4 members (excludes halogenated alkanes) is 1. The number of ether oxygens (including phenoxy) is 1. The number of amides is 1. The number of nitrogens with zero attached hydrogens (tertiary/aromatic N) is 1. The maximum Gasteiger partial charge on any atom is 0.254 e. The molecule has 1 aromatic rings. The van der Waals surface area contributed by atoms with E-state index in [0.717, 1.165) is 31.4 Å². The van der Waals surface area contributed by atoms with Crippen LogP contribution in [0.4, 0.5) is 0 Å². The molecule has 1 aliphatic rings. The van der Waals surface area contributed by atoms with Gasteiger partial charge < -0.3 is 9.64 Å². The molecule has 1 fully saturated rings. The molecule has 0 radical (unpaired) electrons. The Hall–Kier alpha value is -1.06. The first-order valence-electron chi connectivity index (χ1n) is 8.64. The predicted molar refractivity (Wildman–Crippen MR) is 94.5 cm³/mol. The summed E-state index contributed by atoms with van der Waals surface area (Å²) < 4.78 is 5.93. The molecule has 1 heterocycles. The Kier molecular flexibility index (Phi) is 6.91. The van der Waals surface area contributed by atoms with Gasteiger partial charge in [0.2, 0.25) is 0 Å². The third-order valence-electron chi connectivity index (χ3n) is 4.29. The van der Waals surface area contributed by atoms with Crippen LogP contribution < -0.4 is 0 Å². The molecular weight excluding hydrogens is 310 g/mol. The van der Waals surface area contributed by atoms with Gasteiger partial charge >= 0.3 is 0 Å². The number of β-lactam (4-membered cyclic amide) rings is 1. The molecule has 128 valence electrons. The molecule has 0 N–H and O–H groups in total. The third-order valence-corrected chi connectivity index (χ3v) is 4.72. The minimum absolute atomic E-state index is 0.00169. The van der Waals surface area contributed by atoms with Crippen molar-refractivity contribution in [3.8, 4) is 0 Å². The summed E-state index contributed by atoms with van der Waals surface area (Å²) in [6, 6.07) is 9.97. The average Bonchev–Trinajstić information content (AvgIpc) is 2.52. The van der Waals surface area contributed by atoms with E-state index in [0.29, 0.717) is 12.5 Å². The average molecular weight is 338 g/mol. The molecule has 1 saturated heterocycles. The number of carbonyl (C=O) groups is 1. The van der Waals surface area contributed by atoms with E-state index in [1.54, 1.807) is 0 Å². The summed E-state index contributed by atoms with van der Waals surface area (Å²) in [5.74, 6) is 0.602. The molecule has 0 bridgehead atoms. The number of hydrogen-bond acceptors (Lipinski definition) is 2. The van der Waals surface area contributed by atoms with Crippen LogP contribution >= 0.6 is 11.6 Å². The van der Waals surface area contributed by atoms with Gasteiger partial charge in [0.05, 0.1) is 18.0 Å². The van der Waals surface area contributed by atoms with Crippen LogP contribution in [-0.4, -0.2) is 34.9 Å². The normalized spacial score (nSPS) is 22.3. The Morgan fingerprint density at radius 1 is 1.26 bits per heavy atom. The molecular formula is C19H28ClNO2. The summed E-state index contributed by atoms with van der Waals surface area (Å²) in [5.41, 5.74) is 1.08. The van der Waals surface area contributed by atoms with Gasteiger partial charge in [-0.1, -0.05) is 57.5 Å². The predicted octanol–water partition coefficient (Wildman–Crippen LogP) is 4.24. The van der Waals surface area contributed by atoms with Gasteiger partial charge in [-0.3, -0.25) is 4.79 Å². The molecule has 0 saturated carbocycles. The number of carbonyl (C=O) groups excluding carboxylic acids is 1. The summed E-state index contributed by atoms with van der Waals surface area (Å²) in [7, 11) is 0. The second-order valence-corrected chi connectivity index (χ2v) is 7.30. The van der Waals surface area contributed by atoms with Crippen molar-refractivity contribution >= 4 is 17.5 Å². The Bertz CT molecular complexity index is 491. The zero-order valence-corrected chi connectivity index (χ0v) is 15.1. The molecule has 0 aliphatic carbocycles. The number of rotatable bonds is 9. The second-order valence-electron chi connectivity index (χ2n) is 6.74. The van der Waals surface area contributed by atoms with E-state index in [9.17, 15) is 4.79 Å². The number of halogens is 1. The molecule has 0 unspecified atom stereocenters. The maximum absolute atomic E-state index is 12.4. The molecule has 4 heteroatoms. The van der Waals surface area contributed by atoms with E-state index in [4.69, 9.17) is 16.3 Å². The third kappa shape index (κ3) is 4.71. The summed E-state index contributed by atoms with van der Waals surface area (Å²) in [6.07, 6.45) is 2.59. The van der Waals surface area contributed by atoms with Gasteiger partial charge in [-0.2, -0.15) is 0 Å². The SMILES string of the molecule is CCCCN1C(=O)[C@@H](OCc2ccccc2)[C@H]1[C@@H](Cl)CC(C)C. The summed E-state index contributed by atoms with van der Waals surface area (Å²) in [6.45, 7) is 7.69. The van der Waals surface area contributed by atoms with E-state index in [-0.39, 0.29) is 17.3 Å². The van der Waals surface area contributed by atoms with Crippen molar-refractivity contribution in [2.75, 3.05) is 6.54 Å². The van der Waals surface area contributed by atoms with Crippen LogP contribution in [0.5, 0.6) is 0 Å². The number of hydrogen-bond donors (Lipinski definition) is 0. The van der Waals surface area contributed by atoms with Gasteiger partial charge in [-0.15, -0.1) is 11.6 Å². The first kappa shape index (κ1) is 18.3. The molecule has 0 aromatic heterocycles. The monoisotopic (exact) mass is 337 g/mol. The summed E-state index contributed by atoms with van der Waals surface area (Å²) in [4.78, 5) is 14.3. The van der Waals surface area contributed by atoms with Gasteiger partial charge in [-0.05, 0) is 24.3 Å². The van der Waals surface area contributed by atoms with Crippen molar-refractivity contribution in [1.82, 2.24) is 4.90 Å². The second kappa shape index (κ2) is 8.70. The largest absolute Gasteiger partial charge is 0.361 e. The zero-order valence-electron chi connectivity index (χ0n) is 14.4. The zero-order chi connectivity index (χ0) is 16.8. The van der Waals surface area contributed by atoms with Crippen LogP contribution in [0.1, 0.15) is 45.6 Å². The Balaban J connectivity index is 1.99. The van der Waals surface area contributed by atoms with Crippen molar-refractivity contribution in [1.29, 1.82) is 0 Å². The fourth-order valence-corrected chi connectivity index (χ4v) is 3.65. The highest BCUT2D eigenvalue weighted by molar-refractivity contribution is 6.22. The highest BCUT2D eigenvalue weighted by Crippen LogP contribution is 2.32. The topological polar surface area (TPSA) is 29.5 Å². The Labute approximate surface area is 145 Å². The van der Waals surface area contributed by atoms with E-state index in [2.05, 4.69) is 20.8 Å². The quantitative estimate of drug-likeness (QED) is 0.498. The number of alkyl halides is 1. The van der Waals surface area contributed by atoms with Gasteiger partial charge in [0.25, 0.3) is 5.91 Å². The first-order valence-corrected chi connectivity index (χ1v) is 9.08. The summed E-state index contributed by atoms with van der Waals surface area (Å²) in [5, 5.41) is -0.0506. The molecule has 23 heavy (non-hydrogen) atoms. The molecule has 0 spiro atoms. The van der Waals surface area contributed by atoms with Crippen molar-refractivity contribution in [2.45, 2.75) is 64.2 Å². The van der Waals surface area contributed by atoms with E-state index >= 15 is 0 Å². The number of benzene rings is 1. The maximum atomic E-state index is 12.4.